The minimum absolute atomic E-state index is 0.00219. The van der Waals surface area contributed by atoms with E-state index in [1.54, 1.807) is 0 Å². The van der Waals surface area contributed by atoms with Gasteiger partial charge in [0.1, 0.15) is 46.9 Å². The number of aliphatic hydroxyl groups excluding tert-OH is 4. The van der Waals surface area contributed by atoms with Crippen LogP contribution in [-0.2, 0) is 24.6 Å². The van der Waals surface area contributed by atoms with E-state index >= 15 is 0 Å². The smallest absolute Gasteiger partial charge is 0.304 e. The Morgan fingerprint density at radius 1 is 1.08 bits per heavy atom. The molecule has 0 amide bonds. The van der Waals surface area contributed by atoms with Crippen molar-refractivity contribution in [3.05, 3.63) is 58.5 Å². The van der Waals surface area contributed by atoms with Gasteiger partial charge in [0.15, 0.2) is 17.5 Å². The number of aliphatic hydroxyl groups is 4. The molecule has 5 N–H and O–H groups in total. The van der Waals surface area contributed by atoms with Crippen molar-refractivity contribution >= 4 is 16.9 Å². The van der Waals surface area contributed by atoms with E-state index in [9.17, 15) is 35.1 Å². The molecule has 0 bridgehead atoms. The number of rotatable bonds is 6. The molecule has 1 fully saturated rings. The van der Waals surface area contributed by atoms with E-state index in [1.165, 1.54) is 50.5 Å². The summed E-state index contributed by atoms with van der Waals surface area (Å²) in [6.07, 6.45) is -2.47. The fourth-order valence-electron chi connectivity index (χ4n) is 4.10. The Balaban J connectivity index is 1.65. The molecule has 2 aromatic rings. The fraction of sp³-hybridized carbons (Fsp3) is 0.417. The minimum Gasteiger partial charge on any atom is -0.507 e. The van der Waals surface area contributed by atoms with Gasteiger partial charge in [-0.15, -0.1) is 0 Å². The summed E-state index contributed by atoms with van der Waals surface area (Å²) in [5.41, 5.74) is -2.23. The maximum atomic E-state index is 12.8. The molecule has 1 aliphatic heterocycles. The summed E-state index contributed by atoms with van der Waals surface area (Å²) in [4.78, 5) is 24.7. The van der Waals surface area contributed by atoms with E-state index in [0.717, 1.165) is 6.07 Å². The number of benzene rings is 1. The van der Waals surface area contributed by atoms with Crippen molar-refractivity contribution in [2.45, 2.75) is 49.3 Å². The first-order valence-electron chi connectivity index (χ1n) is 11.0. The van der Waals surface area contributed by atoms with Crippen molar-refractivity contribution in [3.63, 3.8) is 0 Å². The molecule has 0 spiro atoms. The monoisotopic (exact) mass is 506 g/mol. The normalized spacial score (nSPS) is 31.9. The van der Waals surface area contributed by atoms with Gasteiger partial charge in [0.05, 0.1) is 19.8 Å². The maximum absolute atomic E-state index is 12.8. The van der Waals surface area contributed by atoms with Crippen molar-refractivity contribution in [2.75, 3.05) is 13.7 Å². The number of carbonyl (C=O) groups excluding carboxylic acids is 1. The van der Waals surface area contributed by atoms with Crippen LogP contribution < -0.4 is 10.2 Å². The lowest BCUT2D eigenvalue weighted by atomic mass is 9.92. The summed E-state index contributed by atoms with van der Waals surface area (Å²) in [7, 11) is 1.38. The Kier molecular flexibility index (Phi) is 7.18. The average Bonchev–Trinajstić information content (AvgIpc) is 2.84. The van der Waals surface area contributed by atoms with Gasteiger partial charge in [0.25, 0.3) is 0 Å². The Morgan fingerprint density at radius 2 is 1.78 bits per heavy atom. The Labute approximate surface area is 204 Å². The molecule has 12 nitrogen and oxygen atoms in total. The van der Waals surface area contributed by atoms with Crippen LogP contribution in [0, 0.1) is 0 Å². The minimum atomic E-state index is -1.65. The Hall–Kier alpha value is -3.26. The lowest BCUT2D eigenvalue weighted by Crippen LogP contribution is -2.59. The number of carbonyl (C=O) groups is 1. The first-order valence-corrected chi connectivity index (χ1v) is 11.0. The molecule has 1 saturated heterocycles. The third-order valence-electron chi connectivity index (χ3n) is 5.92. The summed E-state index contributed by atoms with van der Waals surface area (Å²) < 4.78 is 27.5. The lowest BCUT2D eigenvalue weighted by molar-refractivity contribution is -0.304. The third-order valence-corrected chi connectivity index (χ3v) is 5.92. The van der Waals surface area contributed by atoms with Gasteiger partial charge in [-0.25, -0.2) is 0 Å². The summed E-state index contributed by atoms with van der Waals surface area (Å²) in [6.45, 7) is 0.562. The molecular formula is C24H26O12. The van der Waals surface area contributed by atoms with E-state index in [0.29, 0.717) is 0 Å². The maximum Gasteiger partial charge on any atom is 0.304 e. The van der Waals surface area contributed by atoms with E-state index in [1.807, 2.05) is 0 Å². The molecule has 5 atom stereocenters. The second-order valence-electron chi connectivity index (χ2n) is 8.40. The number of ether oxygens (including phenoxy) is 4. The van der Waals surface area contributed by atoms with Crippen LogP contribution in [-0.4, -0.2) is 82.0 Å². The second-order valence-corrected chi connectivity index (χ2v) is 8.40. The Bertz CT molecular complexity index is 1230. The summed E-state index contributed by atoms with van der Waals surface area (Å²) >= 11 is 0. The molecule has 4 rings (SSSR count). The molecule has 5 unspecified atom stereocenters. The molecular weight excluding hydrogens is 480 g/mol. The molecule has 2 heterocycles. The number of esters is 1. The second kappa shape index (κ2) is 10.0. The van der Waals surface area contributed by atoms with Crippen LogP contribution in [0.25, 0.3) is 11.0 Å². The lowest BCUT2D eigenvalue weighted by Gasteiger charge is -2.40. The number of methoxy groups -OCH3 is 1. The van der Waals surface area contributed by atoms with E-state index in [4.69, 9.17) is 23.4 Å². The first-order chi connectivity index (χ1) is 17.1. The van der Waals surface area contributed by atoms with Gasteiger partial charge >= 0.3 is 5.97 Å². The van der Waals surface area contributed by atoms with Crippen molar-refractivity contribution in [3.8, 4) is 11.5 Å². The number of hydrogen-bond donors (Lipinski definition) is 5. The SMILES string of the molecule is COc1cc(O)c2c(=O)cc(C3(OC(C)=O)C=CC(OC4OC(CO)C(O)C(O)C4O)C=C3)oc2c1. The number of aromatic hydroxyl groups is 1. The van der Waals surface area contributed by atoms with Gasteiger partial charge in [0.2, 0.25) is 5.60 Å². The standard InChI is InChI=1S/C24H26O12/c1-11(26)36-24(18-9-15(28)19-14(27)7-13(32-2)8-16(19)34-18)5-3-12(4-6-24)33-23-22(31)21(30)20(29)17(10-25)35-23/h3-9,12,17,20-23,25,27,29-31H,10H2,1-2H3. The van der Waals surface area contributed by atoms with Crippen LogP contribution in [0.4, 0.5) is 0 Å². The van der Waals surface area contributed by atoms with E-state index in [-0.39, 0.29) is 28.2 Å². The Morgan fingerprint density at radius 3 is 2.39 bits per heavy atom. The highest BCUT2D eigenvalue weighted by Gasteiger charge is 2.45. The summed E-state index contributed by atoms with van der Waals surface area (Å²) in [5, 5.41) is 49.6. The van der Waals surface area contributed by atoms with Gasteiger partial charge in [-0.05, 0) is 12.2 Å². The van der Waals surface area contributed by atoms with Crippen LogP contribution in [0.1, 0.15) is 12.7 Å². The van der Waals surface area contributed by atoms with Gasteiger partial charge < -0.3 is 48.9 Å². The van der Waals surface area contributed by atoms with E-state index < -0.39 is 60.4 Å². The highest BCUT2D eigenvalue weighted by atomic mass is 16.7. The number of fused-ring (bicyclic) bond motifs is 1. The first kappa shape index (κ1) is 25.8. The third kappa shape index (κ3) is 4.74. The summed E-state index contributed by atoms with van der Waals surface area (Å²) in [6, 6.07) is 3.76. The topological polar surface area (TPSA) is 185 Å². The zero-order valence-corrected chi connectivity index (χ0v) is 19.3. The van der Waals surface area contributed by atoms with Gasteiger partial charge in [-0.3, -0.25) is 9.59 Å². The van der Waals surface area contributed by atoms with Crippen LogP contribution in [0.15, 0.2) is 51.7 Å². The molecule has 1 aromatic carbocycles. The molecule has 1 aliphatic carbocycles. The molecule has 12 heteroatoms. The van der Waals surface area contributed by atoms with Gasteiger partial charge in [-0.1, -0.05) is 12.2 Å². The average molecular weight is 506 g/mol. The fourth-order valence-corrected chi connectivity index (χ4v) is 4.10. The number of phenolic OH excluding ortho intramolecular Hbond substituents is 1. The molecule has 194 valence electrons. The molecule has 36 heavy (non-hydrogen) atoms. The van der Waals surface area contributed by atoms with Gasteiger partial charge in [-0.2, -0.15) is 0 Å². The van der Waals surface area contributed by atoms with Crippen molar-refractivity contribution in [1.82, 2.24) is 0 Å². The number of phenols is 1. The molecule has 1 aromatic heterocycles. The van der Waals surface area contributed by atoms with Gasteiger partial charge in [0, 0.05) is 25.1 Å². The van der Waals surface area contributed by atoms with Crippen molar-refractivity contribution < 1.29 is 53.7 Å². The highest BCUT2D eigenvalue weighted by Crippen LogP contribution is 2.36. The van der Waals surface area contributed by atoms with Crippen molar-refractivity contribution in [2.24, 2.45) is 0 Å². The van der Waals surface area contributed by atoms with Crippen LogP contribution in [0.2, 0.25) is 0 Å². The molecule has 2 aliphatic rings. The van der Waals surface area contributed by atoms with Crippen molar-refractivity contribution in [1.29, 1.82) is 0 Å². The highest BCUT2D eigenvalue weighted by molar-refractivity contribution is 5.84. The molecule has 0 radical (unpaired) electrons. The molecule has 0 saturated carbocycles. The van der Waals surface area contributed by atoms with Crippen LogP contribution in [0.5, 0.6) is 11.5 Å². The van der Waals surface area contributed by atoms with Crippen LogP contribution in [0.3, 0.4) is 0 Å². The predicted octanol–water partition coefficient (Wildman–Crippen LogP) is -0.423. The number of hydrogen-bond acceptors (Lipinski definition) is 12. The zero-order chi connectivity index (χ0) is 26.2. The van der Waals surface area contributed by atoms with Crippen LogP contribution >= 0.6 is 0 Å². The van der Waals surface area contributed by atoms with E-state index in [2.05, 4.69) is 0 Å². The largest absolute Gasteiger partial charge is 0.507 e. The zero-order valence-electron chi connectivity index (χ0n) is 19.3. The quantitative estimate of drug-likeness (QED) is 0.252. The predicted molar refractivity (Wildman–Crippen MR) is 121 cm³/mol. The summed E-state index contributed by atoms with van der Waals surface area (Å²) in [5.74, 6) is -0.853.